The summed E-state index contributed by atoms with van der Waals surface area (Å²) in [5.74, 6) is -1.61. The molecule has 0 heterocycles. The first-order valence-corrected chi connectivity index (χ1v) is 12.1. The van der Waals surface area contributed by atoms with Crippen LogP contribution in [0.4, 0.5) is 0 Å². The number of benzene rings is 2. The zero-order chi connectivity index (χ0) is 28.0. The Bertz CT molecular complexity index is 1220. The minimum absolute atomic E-state index is 0.0499. The molecule has 2 aromatic rings. The van der Waals surface area contributed by atoms with Gasteiger partial charge >= 0.3 is 23.9 Å². The molecule has 3 atom stereocenters. The van der Waals surface area contributed by atoms with E-state index in [9.17, 15) is 19.2 Å². The molecule has 0 fully saturated rings. The van der Waals surface area contributed by atoms with E-state index in [1.807, 2.05) is 0 Å². The van der Waals surface area contributed by atoms with E-state index in [4.69, 9.17) is 28.4 Å². The average Bonchev–Trinajstić information content (AvgIpc) is 2.85. The highest BCUT2D eigenvalue weighted by atomic mass is 16.6. The molecule has 1 aliphatic rings. The van der Waals surface area contributed by atoms with Crippen LogP contribution in [0.1, 0.15) is 50.3 Å². The summed E-state index contributed by atoms with van der Waals surface area (Å²) in [7, 11) is 2.94. The zero-order valence-electron chi connectivity index (χ0n) is 22.3. The number of esters is 4. The maximum atomic E-state index is 11.8. The number of carbonyl (C=O) groups is 4. The van der Waals surface area contributed by atoms with Gasteiger partial charge in [-0.1, -0.05) is 6.07 Å². The molecule has 3 rings (SSSR count). The van der Waals surface area contributed by atoms with Gasteiger partial charge in [0.05, 0.1) is 27.4 Å². The van der Waals surface area contributed by atoms with Gasteiger partial charge in [0.25, 0.3) is 0 Å². The smallest absolute Gasteiger partial charge is 0.308 e. The third-order valence-corrected chi connectivity index (χ3v) is 6.31. The second kappa shape index (κ2) is 12.4. The quantitative estimate of drug-likeness (QED) is 0.352. The van der Waals surface area contributed by atoms with Crippen LogP contribution < -0.4 is 18.9 Å². The molecule has 0 bridgehead atoms. The van der Waals surface area contributed by atoms with Crippen LogP contribution in [0.15, 0.2) is 30.3 Å². The van der Waals surface area contributed by atoms with Gasteiger partial charge in [0, 0.05) is 45.4 Å². The molecule has 10 nitrogen and oxygen atoms in total. The average molecular weight is 529 g/mol. The topological polar surface area (TPSA) is 124 Å². The van der Waals surface area contributed by atoms with Gasteiger partial charge in [0.15, 0.2) is 23.0 Å². The Balaban J connectivity index is 2.23. The predicted molar refractivity (Wildman–Crippen MR) is 134 cm³/mol. The molecule has 0 aromatic heterocycles. The van der Waals surface area contributed by atoms with E-state index >= 15 is 0 Å². The highest BCUT2D eigenvalue weighted by molar-refractivity contribution is 5.72. The first-order valence-electron chi connectivity index (χ1n) is 12.1. The molecule has 0 N–H and O–H groups in total. The lowest BCUT2D eigenvalue weighted by Crippen LogP contribution is -2.37. The molecule has 0 aliphatic heterocycles. The Morgan fingerprint density at radius 1 is 0.711 bits per heavy atom. The third kappa shape index (κ3) is 6.81. The van der Waals surface area contributed by atoms with Crippen LogP contribution in [-0.2, 0) is 35.1 Å². The molecule has 204 valence electrons. The lowest BCUT2D eigenvalue weighted by atomic mass is 9.66. The van der Waals surface area contributed by atoms with Gasteiger partial charge in [-0.3, -0.25) is 19.2 Å². The summed E-state index contributed by atoms with van der Waals surface area (Å²) in [4.78, 5) is 46.9. The maximum Gasteiger partial charge on any atom is 0.308 e. The van der Waals surface area contributed by atoms with E-state index in [1.165, 1.54) is 41.9 Å². The number of methoxy groups -OCH3 is 2. The van der Waals surface area contributed by atoms with Crippen LogP contribution in [0.5, 0.6) is 23.0 Å². The van der Waals surface area contributed by atoms with Crippen molar-refractivity contribution in [2.45, 2.75) is 40.0 Å². The minimum atomic E-state index is -0.507. The van der Waals surface area contributed by atoms with Gasteiger partial charge in [-0.05, 0) is 47.4 Å². The third-order valence-electron chi connectivity index (χ3n) is 6.31. The van der Waals surface area contributed by atoms with Crippen molar-refractivity contribution in [3.05, 3.63) is 47.0 Å². The summed E-state index contributed by atoms with van der Waals surface area (Å²) in [5.41, 5.74) is 2.48. The van der Waals surface area contributed by atoms with Crippen molar-refractivity contribution in [3.8, 4) is 23.0 Å². The van der Waals surface area contributed by atoms with E-state index in [0.717, 1.165) is 16.7 Å². The lowest BCUT2D eigenvalue weighted by molar-refractivity contribution is -0.147. The number of rotatable bonds is 9. The Kier molecular flexibility index (Phi) is 9.33. The molecule has 0 radical (unpaired) electrons. The van der Waals surface area contributed by atoms with Gasteiger partial charge in [-0.15, -0.1) is 0 Å². The van der Waals surface area contributed by atoms with E-state index in [2.05, 4.69) is 0 Å². The monoisotopic (exact) mass is 528 g/mol. The van der Waals surface area contributed by atoms with Gasteiger partial charge in [-0.2, -0.15) is 0 Å². The first kappa shape index (κ1) is 28.5. The van der Waals surface area contributed by atoms with Gasteiger partial charge in [-0.25, -0.2) is 0 Å². The first-order chi connectivity index (χ1) is 18.0. The summed E-state index contributed by atoms with van der Waals surface area (Å²) in [5, 5.41) is 0. The number of hydrogen-bond acceptors (Lipinski definition) is 10. The Morgan fingerprint density at radius 2 is 1.29 bits per heavy atom. The second-order valence-corrected chi connectivity index (χ2v) is 9.01. The number of hydrogen-bond donors (Lipinski definition) is 0. The normalized spacial score (nSPS) is 18.0. The summed E-state index contributed by atoms with van der Waals surface area (Å²) < 4.78 is 32.5. The minimum Gasteiger partial charge on any atom is -0.493 e. The molecule has 1 aliphatic carbocycles. The van der Waals surface area contributed by atoms with E-state index < -0.39 is 29.8 Å². The lowest BCUT2D eigenvalue weighted by Gasteiger charge is -2.40. The van der Waals surface area contributed by atoms with Gasteiger partial charge in [0.1, 0.15) is 0 Å². The van der Waals surface area contributed by atoms with Crippen LogP contribution in [-0.4, -0.2) is 51.3 Å². The van der Waals surface area contributed by atoms with Crippen molar-refractivity contribution in [2.24, 2.45) is 11.8 Å². The number of ether oxygens (including phenoxy) is 6. The fraction of sp³-hybridized carbons (Fsp3) is 0.429. The fourth-order valence-corrected chi connectivity index (χ4v) is 4.81. The van der Waals surface area contributed by atoms with Crippen LogP contribution >= 0.6 is 0 Å². The summed E-state index contributed by atoms with van der Waals surface area (Å²) in [6.07, 6.45) is 0.490. The SMILES string of the molecule is COc1cc(C2c3cc(OC(C)=O)c(OC)cc3C[C@@H](COC(C)=O)[C@@H]2COC(C)=O)ccc1OC(C)=O. The van der Waals surface area contributed by atoms with E-state index in [0.29, 0.717) is 17.9 Å². The number of fused-ring (bicyclic) bond motifs is 1. The Labute approximate surface area is 221 Å². The van der Waals surface area contributed by atoms with Gasteiger partial charge < -0.3 is 28.4 Å². The summed E-state index contributed by atoms with van der Waals surface area (Å²) in [6.45, 7) is 5.41. The van der Waals surface area contributed by atoms with Crippen molar-refractivity contribution < 1.29 is 47.6 Å². The maximum absolute atomic E-state index is 11.8. The van der Waals surface area contributed by atoms with Crippen LogP contribution in [0, 0.1) is 11.8 Å². The summed E-state index contributed by atoms with van der Waals surface area (Å²) in [6, 6.07) is 8.71. The molecule has 0 saturated heterocycles. The molecule has 0 amide bonds. The molecule has 2 aromatic carbocycles. The predicted octanol–water partition coefficient (Wildman–Crippen LogP) is 3.60. The molecule has 10 heteroatoms. The highest BCUT2D eigenvalue weighted by Gasteiger charge is 2.40. The van der Waals surface area contributed by atoms with Gasteiger partial charge in [0.2, 0.25) is 0 Å². The van der Waals surface area contributed by atoms with E-state index in [1.54, 1.807) is 30.3 Å². The van der Waals surface area contributed by atoms with Crippen molar-refractivity contribution in [2.75, 3.05) is 27.4 Å². The Hall–Kier alpha value is -4.08. The molecule has 0 saturated carbocycles. The van der Waals surface area contributed by atoms with Crippen molar-refractivity contribution in [3.63, 3.8) is 0 Å². The van der Waals surface area contributed by atoms with Crippen LogP contribution in [0.25, 0.3) is 0 Å². The highest BCUT2D eigenvalue weighted by Crippen LogP contribution is 2.48. The standard InChI is InChI=1S/C28H32O10/c1-15(29)35-13-21-9-20-11-26(34-6)27(38-18(4)32)12-22(20)28(23(21)14-36-16(2)30)19-7-8-24(37-17(3)31)25(10-19)33-5/h7-8,10-12,21,23,28H,9,13-14H2,1-6H3/t21-,23-,28?/m0/s1. The van der Waals surface area contributed by atoms with Crippen LogP contribution in [0.3, 0.4) is 0 Å². The van der Waals surface area contributed by atoms with Crippen molar-refractivity contribution in [1.29, 1.82) is 0 Å². The van der Waals surface area contributed by atoms with E-state index in [-0.39, 0.29) is 36.5 Å². The molecule has 0 spiro atoms. The molecule has 1 unspecified atom stereocenters. The molecular formula is C28H32O10. The van der Waals surface area contributed by atoms with Crippen molar-refractivity contribution in [1.82, 2.24) is 0 Å². The summed E-state index contributed by atoms with van der Waals surface area (Å²) >= 11 is 0. The fourth-order valence-electron chi connectivity index (χ4n) is 4.81. The van der Waals surface area contributed by atoms with Crippen LogP contribution in [0.2, 0.25) is 0 Å². The number of carbonyl (C=O) groups excluding carboxylic acids is 4. The largest absolute Gasteiger partial charge is 0.493 e. The van der Waals surface area contributed by atoms with Crippen molar-refractivity contribution >= 4 is 23.9 Å². The Morgan fingerprint density at radius 3 is 1.87 bits per heavy atom. The molecule has 38 heavy (non-hydrogen) atoms. The zero-order valence-corrected chi connectivity index (χ0v) is 22.3. The molecular weight excluding hydrogens is 496 g/mol. The second-order valence-electron chi connectivity index (χ2n) is 9.01.